The second-order valence-electron chi connectivity index (χ2n) is 21.6. The summed E-state index contributed by atoms with van der Waals surface area (Å²) >= 11 is 0. The fourth-order valence-electron chi connectivity index (χ4n) is 14.8. The van der Waals surface area contributed by atoms with Crippen LogP contribution in [0.3, 0.4) is 0 Å². The Kier molecular flexibility index (Phi) is 10.1. The van der Waals surface area contributed by atoms with E-state index < -0.39 is 35.3 Å². The number of rotatable bonds is 11. The highest BCUT2D eigenvalue weighted by atomic mass is 16.7. The Morgan fingerprint density at radius 1 is 0.883 bits per heavy atom. The number of hydrogen-bond acceptors (Lipinski definition) is 9. The third-order valence-electron chi connectivity index (χ3n) is 18.3. The minimum Gasteiger partial charge on any atom is -0.459 e. The van der Waals surface area contributed by atoms with Gasteiger partial charge in [-0.25, -0.2) is 4.79 Å². The smallest absolute Gasteiger partial charge is 0.334 e. The van der Waals surface area contributed by atoms with Crippen molar-refractivity contribution in [3.63, 3.8) is 0 Å². The molecule has 0 amide bonds. The Labute approximate surface area is 356 Å². The molecule has 7 aliphatic carbocycles. The molecule has 3 aliphatic heterocycles. The van der Waals surface area contributed by atoms with Crippen LogP contribution in [0.1, 0.15) is 137 Å². The Bertz CT molecular complexity index is 1950. The standard InChI is InChI=1S/C51H68O9/c1-28(2)35-25-43-51(60-43)49(6)24-22-34-36(27-56-47(34)55)39(49)26-42-50(51,59-42)46(35)58-45(54)21-20-44(53)57-41-11-7-9-31(30(41)4)13-14-32-10-8-23-48(5)37(17-18-38(32)48)29(3)12-19-40(52)33-15-16-33/h12-14,19,28-29,33,35,37-43,46,52H,4,7-11,15-18,20-27H2,1-3,5-6H3/b19-12+,31-13-,32-14+/t29-,35?,37?,38?,39?,40+,41-,42-,43-,46+,48+,49-,50+,51+/m0/s1. The average molecular weight is 825 g/mol. The molecule has 2 spiro atoms. The molecule has 4 unspecified atom stereocenters. The summed E-state index contributed by atoms with van der Waals surface area (Å²) in [7, 11) is 0. The fraction of sp³-hybridized carbons (Fsp3) is 0.745. The van der Waals surface area contributed by atoms with Gasteiger partial charge in [0.15, 0.2) is 5.60 Å². The van der Waals surface area contributed by atoms with Gasteiger partial charge in [-0.15, -0.1) is 0 Å². The molecule has 0 bridgehead atoms. The first-order chi connectivity index (χ1) is 28.7. The van der Waals surface area contributed by atoms with E-state index in [9.17, 15) is 19.5 Å². The highest BCUT2D eigenvalue weighted by Gasteiger charge is 2.93. The van der Waals surface area contributed by atoms with Crippen LogP contribution in [0, 0.1) is 52.3 Å². The van der Waals surface area contributed by atoms with Gasteiger partial charge in [-0.2, -0.15) is 0 Å². The van der Waals surface area contributed by atoms with E-state index in [1.54, 1.807) is 5.57 Å². The Hall–Kier alpha value is -3.01. The molecule has 6 saturated carbocycles. The van der Waals surface area contributed by atoms with E-state index in [1.165, 1.54) is 25.7 Å². The molecule has 2 saturated heterocycles. The summed E-state index contributed by atoms with van der Waals surface area (Å²) < 4.78 is 31.6. The third-order valence-corrected chi connectivity index (χ3v) is 18.3. The molecule has 0 aromatic rings. The SMILES string of the molecule is C=C1/C(=C\C=C2/CCC[C@@]3(C)C2CCC3[C@@H](C)/C=C/[C@@H](O)C2CC2)CCC[C@@H]1OC(=O)CCC(=O)O[C@@H]1C(C(C)C)C[C@@H]2O[C@]23[C@]12O[C@H]2CC1C2=C(CC[C@@]13C)C(=O)OC2. The van der Waals surface area contributed by atoms with Crippen LogP contribution in [-0.4, -0.2) is 71.3 Å². The normalized spacial score (nSPS) is 45.0. The number of fused-ring (bicyclic) bond motifs is 3. The van der Waals surface area contributed by atoms with Crippen LogP contribution in [0.2, 0.25) is 0 Å². The molecule has 0 radical (unpaired) electrons. The Morgan fingerprint density at radius 3 is 2.43 bits per heavy atom. The lowest BCUT2D eigenvalue weighted by Gasteiger charge is -2.54. The van der Waals surface area contributed by atoms with Crippen LogP contribution in [0.15, 0.2) is 58.7 Å². The monoisotopic (exact) mass is 824 g/mol. The number of epoxide rings is 2. The highest BCUT2D eigenvalue weighted by Crippen LogP contribution is 2.79. The first-order valence-electron chi connectivity index (χ1n) is 23.8. The zero-order valence-electron chi connectivity index (χ0n) is 36.7. The predicted molar refractivity (Wildman–Crippen MR) is 225 cm³/mol. The summed E-state index contributed by atoms with van der Waals surface area (Å²) in [5.74, 6) is 1.58. The highest BCUT2D eigenvalue weighted by molar-refractivity contribution is 5.92. The van der Waals surface area contributed by atoms with Crippen LogP contribution in [0.4, 0.5) is 0 Å². The largest absolute Gasteiger partial charge is 0.459 e. The minimum atomic E-state index is -0.712. The number of aliphatic hydroxyl groups excluding tert-OH is 1. The van der Waals surface area contributed by atoms with Crippen LogP contribution in [0.5, 0.6) is 0 Å². The third kappa shape index (κ3) is 6.26. The lowest BCUT2D eigenvalue weighted by Crippen LogP contribution is -2.67. The molecule has 10 rings (SSSR count). The van der Waals surface area contributed by atoms with Crippen molar-refractivity contribution >= 4 is 17.9 Å². The van der Waals surface area contributed by atoms with Crippen molar-refractivity contribution in [2.24, 2.45) is 52.3 Å². The lowest BCUT2D eigenvalue weighted by molar-refractivity contribution is -0.170. The Balaban J connectivity index is 0.761. The second kappa shape index (κ2) is 14.8. The van der Waals surface area contributed by atoms with Crippen molar-refractivity contribution in [1.29, 1.82) is 0 Å². The van der Waals surface area contributed by atoms with Crippen LogP contribution >= 0.6 is 0 Å². The first kappa shape index (κ1) is 41.0. The molecule has 0 aromatic heterocycles. The number of ether oxygens (including phenoxy) is 5. The van der Waals surface area contributed by atoms with E-state index in [-0.39, 0.29) is 65.7 Å². The average Bonchev–Trinajstić information content (AvgIpc) is 4.16. The molecule has 1 N–H and O–H groups in total. The van der Waals surface area contributed by atoms with Gasteiger partial charge in [0.05, 0.1) is 31.2 Å². The second-order valence-corrected chi connectivity index (χ2v) is 21.6. The van der Waals surface area contributed by atoms with E-state index in [1.807, 2.05) is 0 Å². The van der Waals surface area contributed by atoms with Crippen molar-refractivity contribution < 1.29 is 43.2 Å². The zero-order chi connectivity index (χ0) is 41.9. The van der Waals surface area contributed by atoms with Crippen molar-refractivity contribution in [1.82, 2.24) is 0 Å². The number of cyclic esters (lactones) is 1. The molecule has 10 aliphatic rings. The van der Waals surface area contributed by atoms with Gasteiger partial charge in [-0.1, -0.05) is 71.1 Å². The molecule has 9 heteroatoms. The molecule has 14 atom stereocenters. The maximum atomic E-state index is 13.7. The summed E-state index contributed by atoms with van der Waals surface area (Å²) in [6.45, 7) is 16.3. The van der Waals surface area contributed by atoms with E-state index >= 15 is 0 Å². The molecule has 60 heavy (non-hydrogen) atoms. The van der Waals surface area contributed by atoms with E-state index in [0.29, 0.717) is 36.7 Å². The molecule has 0 aromatic carbocycles. The first-order valence-corrected chi connectivity index (χ1v) is 23.8. The van der Waals surface area contributed by atoms with Crippen molar-refractivity contribution in [2.45, 2.75) is 179 Å². The molecule has 3 heterocycles. The van der Waals surface area contributed by atoms with E-state index in [2.05, 4.69) is 65.5 Å². The van der Waals surface area contributed by atoms with Gasteiger partial charge in [0.1, 0.15) is 24.4 Å². The quantitative estimate of drug-likeness (QED) is 0.0941. The van der Waals surface area contributed by atoms with Gasteiger partial charge in [-0.3, -0.25) is 9.59 Å². The van der Waals surface area contributed by atoms with Gasteiger partial charge in [0, 0.05) is 16.9 Å². The molecular formula is C51H68O9. The van der Waals surface area contributed by atoms with E-state index in [0.717, 1.165) is 80.1 Å². The van der Waals surface area contributed by atoms with Crippen LogP contribution < -0.4 is 0 Å². The summed E-state index contributed by atoms with van der Waals surface area (Å²) in [6.07, 6.45) is 21.5. The van der Waals surface area contributed by atoms with Crippen LogP contribution in [-0.2, 0) is 38.1 Å². The number of allylic oxidation sites excluding steroid dienone is 4. The minimum absolute atomic E-state index is 0.0264. The summed E-state index contributed by atoms with van der Waals surface area (Å²) in [5.41, 5.74) is 4.26. The molecule has 326 valence electrons. The Morgan fingerprint density at radius 2 is 1.67 bits per heavy atom. The number of carbonyl (C=O) groups is 3. The van der Waals surface area contributed by atoms with Crippen molar-refractivity contribution in [2.75, 3.05) is 6.61 Å². The van der Waals surface area contributed by atoms with Gasteiger partial charge >= 0.3 is 17.9 Å². The van der Waals surface area contributed by atoms with Gasteiger partial charge in [0.2, 0.25) is 0 Å². The topological polar surface area (TPSA) is 124 Å². The summed E-state index contributed by atoms with van der Waals surface area (Å²) in [4.78, 5) is 39.6. The van der Waals surface area contributed by atoms with Gasteiger partial charge in [0.25, 0.3) is 0 Å². The number of esters is 3. The van der Waals surface area contributed by atoms with Crippen LogP contribution in [0.25, 0.3) is 0 Å². The number of aliphatic hydroxyl groups is 1. The summed E-state index contributed by atoms with van der Waals surface area (Å²) in [5, 5.41) is 10.5. The van der Waals surface area contributed by atoms with Crippen molar-refractivity contribution in [3.8, 4) is 0 Å². The number of hydrogen-bond donors (Lipinski definition) is 1. The van der Waals surface area contributed by atoms with E-state index in [4.69, 9.17) is 23.7 Å². The fourth-order valence-corrected chi connectivity index (χ4v) is 14.8. The zero-order valence-corrected chi connectivity index (χ0v) is 36.7. The van der Waals surface area contributed by atoms with Crippen molar-refractivity contribution in [3.05, 3.63) is 58.7 Å². The lowest BCUT2D eigenvalue weighted by atomic mass is 9.46. The number of carbonyl (C=O) groups excluding carboxylic acids is 3. The summed E-state index contributed by atoms with van der Waals surface area (Å²) in [6, 6.07) is 0. The maximum absolute atomic E-state index is 13.7. The maximum Gasteiger partial charge on any atom is 0.334 e. The predicted octanol–water partition coefficient (Wildman–Crippen LogP) is 8.99. The molecule has 8 fully saturated rings. The van der Waals surface area contributed by atoms with Gasteiger partial charge in [-0.05, 0) is 148 Å². The van der Waals surface area contributed by atoms with Gasteiger partial charge < -0.3 is 28.8 Å². The molecule has 9 nitrogen and oxygen atoms in total. The molecular weight excluding hydrogens is 757 g/mol.